The Labute approximate surface area is 89.6 Å². The molecule has 0 aromatic heterocycles. The highest BCUT2D eigenvalue weighted by atomic mass is 16.5. The van der Waals surface area contributed by atoms with E-state index in [1.807, 2.05) is 0 Å². The summed E-state index contributed by atoms with van der Waals surface area (Å²) in [4.78, 5) is 24.3. The van der Waals surface area contributed by atoms with Gasteiger partial charge in [-0.2, -0.15) is 0 Å². The molecule has 1 atom stereocenters. The molecule has 0 radical (unpaired) electrons. The summed E-state index contributed by atoms with van der Waals surface area (Å²) >= 11 is 0. The van der Waals surface area contributed by atoms with Crippen LogP contribution in [0.3, 0.4) is 0 Å². The maximum absolute atomic E-state index is 11.6. The Morgan fingerprint density at radius 2 is 2.20 bits per heavy atom. The van der Waals surface area contributed by atoms with Crippen molar-refractivity contribution in [3.8, 4) is 0 Å². The molecule has 86 valence electrons. The Balaban J connectivity index is 2.53. The van der Waals surface area contributed by atoms with E-state index < -0.39 is 11.9 Å². The first-order chi connectivity index (χ1) is 7.15. The minimum absolute atomic E-state index is 0.0223. The van der Waals surface area contributed by atoms with E-state index in [2.05, 4.69) is 4.74 Å². The second-order valence-electron chi connectivity index (χ2n) is 3.73. The molecular weight excluding hydrogens is 196 g/mol. The molecule has 5 nitrogen and oxygen atoms in total. The number of nitrogens with two attached hydrogens (primary N) is 1. The number of amides is 1. The maximum atomic E-state index is 11.6. The highest BCUT2D eigenvalue weighted by Gasteiger charge is 2.25. The van der Waals surface area contributed by atoms with Crippen molar-refractivity contribution in [3.63, 3.8) is 0 Å². The van der Waals surface area contributed by atoms with E-state index in [4.69, 9.17) is 5.73 Å². The molecule has 5 heteroatoms. The largest absolute Gasteiger partial charge is 0.459 e. The van der Waals surface area contributed by atoms with Crippen LogP contribution in [-0.2, 0) is 14.3 Å². The van der Waals surface area contributed by atoms with E-state index in [0.717, 1.165) is 19.3 Å². The van der Waals surface area contributed by atoms with E-state index in [1.165, 1.54) is 4.90 Å². The van der Waals surface area contributed by atoms with Gasteiger partial charge in [0.25, 0.3) is 0 Å². The molecule has 1 fully saturated rings. The second kappa shape index (κ2) is 5.70. The van der Waals surface area contributed by atoms with Crippen LogP contribution in [-0.4, -0.2) is 42.5 Å². The van der Waals surface area contributed by atoms with Gasteiger partial charge in [-0.3, -0.25) is 4.79 Å². The third kappa shape index (κ3) is 3.51. The predicted molar refractivity (Wildman–Crippen MR) is 55.0 cm³/mol. The average molecular weight is 214 g/mol. The van der Waals surface area contributed by atoms with Crippen LogP contribution < -0.4 is 5.73 Å². The van der Waals surface area contributed by atoms with E-state index in [-0.39, 0.29) is 12.6 Å². The summed E-state index contributed by atoms with van der Waals surface area (Å²) in [5, 5.41) is 0. The third-order valence-corrected chi connectivity index (χ3v) is 2.45. The lowest BCUT2D eigenvalue weighted by atomic mass is 10.2. The van der Waals surface area contributed by atoms with Crippen molar-refractivity contribution in [1.82, 2.24) is 4.90 Å². The molecule has 1 heterocycles. The molecule has 1 amide bonds. The monoisotopic (exact) mass is 214 g/mol. The van der Waals surface area contributed by atoms with Gasteiger partial charge in [0.05, 0.1) is 6.61 Å². The number of likely N-dealkylation sites (tertiary alicyclic amines) is 1. The Hall–Kier alpha value is -1.10. The normalized spacial score (nSPS) is 22.0. The van der Waals surface area contributed by atoms with Crippen molar-refractivity contribution in [2.75, 3.05) is 19.7 Å². The van der Waals surface area contributed by atoms with E-state index in [0.29, 0.717) is 13.1 Å². The van der Waals surface area contributed by atoms with Crippen molar-refractivity contribution in [3.05, 3.63) is 0 Å². The van der Waals surface area contributed by atoms with Gasteiger partial charge in [-0.05, 0) is 19.8 Å². The van der Waals surface area contributed by atoms with Gasteiger partial charge in [-0.1, -0.05) is 6.42 Å². The number of esters is 1. The zero-order chi connectivity index (χ0) is 11.3. The smallest absolute Gasteiger partial charge is 0.397 e. The zero-order valence-corrected chi connectivity index (χ0v) is 9.07. The number of ether oxygens (including phenoxy) is 1. The van der Waals surface area contributed by atoms with Crippen molar-refractivity contribution in [2.45, 2.75) is 32.2 Å². The Morgan fingerprint density at radius 3 is 2.87 bits per heavy atom. The molecule has 0 aliphatic carbocycles. The van der Waals surface area contributed by atoms with E-state index in [1.54, 1.807) is 6.92 Å². The summed E-state index contributed by atoms with van der Waals surface area (Å²) in [6.45, 7) is 2.97. The lowest BCUT2D eigenvalue weighted by Crippen LogP contribution is -2.43. The summed E-state index contributed by atoms with van der Waals surface area (Å²) in [6.07, 6.45) is 2.82. The Bertz CT molecular complexity index is 243. The number of carbonyl (C=O) groups is 2. The van der Waals surface area contributed by atoms with Gasteiger partial charge in [-0.25, -0.2) is 4.79 Å². The van der Waals surface area contributed by atoms with Gasteiger partial charge < -0.3 is 15.4 Å². The first kappa shape index (κ1) is 12.0. The van der Waals surface area contributed by atoms with Crippen molar-refractivity contribution < 1.29 is 14.3 Å². The minimum atomic E-state index is -0.772. The van der Waals surface area contributed by atoms with Gasteiger partial charge in [0, 0.05) is 19.1 Å². The van der Waals surface area contributed by atoms with E-state index in [9.17, 15) is 9.59 Å². The lowest BCUT2D eigenvalue weighted by molar-refractivity contribution is -0.159. The minimum Gasteiger partial charge on any atom is -0.459 e. The van der Waals surface area contributed by atoms with Gasteiger partial charge in [-0.15, -0.1) is 0 Å². The van der Waals surface area contributed by atoms with Crippen molar-refractivity contribution >= 4 is 11.9 Å². The van der Waals surface area contributed by atoms with E-state index >= 15 is 0 Å². The maximum Gasteiger partial charge on any atom is 0.397 e. The number of rotatable bonds is 1. The van der Waals surface area contributed by atoms with Crippen LogP contribution in [0.5, 0.6) is 0 Å². The topological polar surface area (TPSA) is 72.6 Å². The Kier molecular flexibility index (Phi) is 4.55. The average Bonchev–Trinajstić information content (AvgIpc) is 2.42. The first-order valence-electron chi connectivity index (χ1n) is 5.36. The molecule has 1 aliphatic heterocycles. The number of nitrogens with zero attached hydrogens (tertiary/aromatic N) is 1. The van der Waals surface area contributed by atoms with Crippen LogP contribution in [0.2, 0.25) is 0 Å². The summed E-state index contributed by atoms with van der Waals surface area (Å²) in [5.41, 5.74) is 5.79. The predicted octanol–water partition coefficient (Wildman–Crippen LogP) is -0.111. The molecule has 0 bridgehead atoms. The van der Waals surface area contributed by atoms with Crippen LogP contribution in [0.1, 0.15) is 26.2 Å². The van der Waals surface area contributed by atoms with Gasteiger partial charge >= 0.3 is 11.9 Å². The fourth-order valence-electron chi connectivity index (χ4n) is 1.68. The molecule has 1 rings (SSSR count). The van der Waals surface area contributed by atoms with Crippen LogP contribution in [0.4, 0.5) is 0 Å². The summed E-state index contributed by atoms with van der Waals surface area (Å²) in [5.74, 6) is -1.33. The van der Waals surface area contributed by atoms with Crippen LogP contribution >= 0.6 is 0 Å². The van der Waals surface area contributed by atoms with Gasteiger partial charge in [0.2, 0.25) is 0 Å². The number of hydrogen-bond donors (Lipinski definition) is 1. The molecule has 1 unspecified atom stereocenters. The molecule has 2 N–H and O–H groups in total. The second-order valence-corrected chi connectivity index (χ2v) is 3.73. The highest BCUT2D eigenvalue weighted by molar-refractivity contribution is 6.32. The van der Waals surface area contributed by atoms with Gasteiger partial charge in [0.1, 0.15) is 0 Å². The summed E-state index contributed by atoms with van der Waals surface area (Å²) in [6, 6.07) is -0.0223. The number of hydrogen-bond acceptors (Lipinski definition) is 4. The molecule has 1 aliphatic rings. The number of carbonyl (C=O) groups excluding carboxylic acids is 2. The van der Waals surface area contributed by atoms with Crippen molar-refractivity contribution in [2.24, 2.45) is 5.73 Å². The Morgan fingerprint density at radius 1 is 1.47 bits per heavy atom. The first-order valence-corrected chi connectivity index (χ1v) is 5.36. The SMILES string of the molecule is CCOC(=O)C(=O)N1CCCCC(N)C1. The molecular formula is C10H18N2O3. The molecule has 0 aromatic carbocycles. The fourth-order valence-corrected chi connectivity index (χ4v) is 1.68. The summed E-state index contributed by atoms with van der Waals surface area (Å²) in [7, 11) is 0. The standard InChI is InChI=1S/C10H18N2O3/c1-2-15-10(14)9(13)12-6-4-3-5-8(11)7-12/h8H,2-7,11H2,1H3. The zero-order valence-electron chi connectivity index (χ0n) is 9.07. The third-order valence-electron chi connectivity index (χ3n) is 2.45. The van der Waals surface area contributed by atoms with Crippen LogP contribution in [0.15, 0.2) is 0 Å². The molecule has 0 saturated carbocycles. The highest BCUT2D eigenvalue weighted by Crippen LogP contribution is 2.09. The summed E-state index contributed by atoms with van der Waals surface area (Å²) < 4.78 is 4.66. The molecule has 0 aromatic rings. The molecule has 15 heavy (non-hydrogen) atoms. The van der Waals surface area contributed by atoms with Crippen LogP contribution in [0.25, 0.3) is 0 Å². The van der Waals surface area contributed by atoms with Crippen molar-refractivity contribution in [1.29, 1.82) is 0 Å². The van der Waals surface area contributed by atoms with Gasteiger partial charge in [0.15, 0.2) is 0 Å². The van der Waals surface area contributed by atoms with Crippen LogP contribution in [0, 0.1) is 0 Å². The molecule has 0 spiro atoms. The fraction of sp³-hybridized carbons (Fsp3) is 0.800. The lowest BCUT2D eigenvalue weighted by Gasteiger charge is -2.21. The molecule has 1 saturated heterocycles. The quantitative estimate of drug-likeness (QED) is 0.488.